The maximum Gasteiger partial charge on any atom is 0.142 e. The van der Waals surface area contributed by atoms with E-state index in [9.17, 15) is 4.39 Å². The number of hydrogen-bond acceptors (Lipinski definition) is 1. The van der Waals surface area contributed by atoms with Crippen molar-refractivity contribution < 1.29 is 4.39 Å². The maximum absolute atomic E-state index is 13.2. The van der Waals surface area contributed by atoms with Crippen molar-refractivity contribution in [3.63, 3.8) is 0 Å². The second-order valence-electron chi connectivity index (χ2n) is 5.76. The smallest absolute Gasteiger partial charge is 0.142 e. The molecule has 25 heavy (non-hydrogen) atoms. The minimum absolute atomic E-state index is 0.250. The Kier molecular flexibility index (Phi) is 4.20. The molecule has 0 atom stereocenters. The van der Waals surface area contributed by atoms with E-state index in [1.807, 2.05) is 30.3 Å². The van der Waals surface area contributed by atoms with E-state index in [1.54, 1.807) is 24.3 Å². The van der Waals surface area contributed by atoms with E-state index in [-0.39, 0.29) is 5.82 Å². The van der Waals surface area contributed by atoms with Crippen molar-refractivity contribution in [1.82, 2.24) is 9.55 Å². The molecule has 0 radical (unpaired) electrons. The lowest BCUT2D eigenvalue weighted by atomic mass is 10.2. The largest absolute Gasteiger partial charge is 0.319 e. The molecule has 0 saturated heterocycles. The van der Waals surface area contributed by atoms with Crippen LogP contribution in [0.5, 0.6) is 0 Å². The van der Waals surface area contributed by atoms with E-state index in [4.69, 9.17) is 28.2 Å². The number of imidazole rings is 1. The first kappa shape index (κ1) is 16.1. The standard InChI is InChI=1S/C20H13Cl2FN2/c21-14-7-10-16(17(22)11-14)20-24-18-3-1-2-4-19(18)25(20)12-13-5-8-15(23)9-6-13/h1-11H,12H2. The van der Waals surface area contributed by atoms with E-state index in [0.29, 0.717) is 16.6 Å². The highest BCUT2D eigenvalue weighted by Gasteiger charge is 2.15. The quantitative estimate of drug-likeness (QED) is 0.419. The molecule has 1 aromatic heterocycles. The third-order valence-electron chi connectivity index (χ3n) is 4.08. The van der Waals surface area contributed by atoms with Gasteiger partial charge in [0.25, 0.3) is 0 Å². The number of benzene rings is 3. The monoisotopic (exact) mass is 370 g/mol. The number of para-hydroxylation sites is 2. The minimum atomic E-state index is -0.250. The Morgan fingerprint density at radius 1 is 0.920 bits per heavy atom. The first-order chi connectivity index (χ1) is 12.1. The molecule has 0 spiro atoms. The Morgan fingerprint density at radius 3 is 2.44 bits per heavy atom. The first-order valence-electron chi connectivity index (χ1n) is 7.77. The van der Waals surface area contributed by atoms with Crippen molar-refractivity contribution in [3.8, 4) is 11.4 Å². The lowest BCUT2D eigenvalue weighted by Crippen LogP contribution is -2.02. The van der Waals surface area contributed by atoms with Crippen molar-refractivity contribution in [2.24, 2.45) is 0 Å². The van der Waals surface area contributed by atoms with Crippen LogP contribution in [0.3, 0.4) is 0 Å². The molecule has 4 rings (SSSR count). The van der Waals surface area contributed by atoms with Crippen molar-refractivity contribution in [1.29, 1.82) is 0 Å². The molecule has 0 aliphatic rings. The molecule has 0 bridgehead atoms. The van der Waals surface area contributed by atoms with Gasteiger partial charge in [0.15, 0.2) is 0 Å². The van der Waals surface area contributed by atoms with Gasteiger partial charge in [0.1, 0.15) is 11.6 Å². The van der Waals surface area contributed by atoms with Crippen LogP contribution in [0.15, 0.2) is 66.7 Å². The predicted octanol–water partition coefficient (Wildman–Crippen LogP) is 6.20. The van der Waals surface area contributed by atoms with Crippen LogP contribution in [0.25, 0.3) is 22.4 Å². The summed E-state index contributed by atoms with van der Waals surface area (Å²) in [6, 6.07) is 19.7. The van der Waals surface area contributed by atoms with Crippen LogP contribution < -0.4 is 0 Å². The molecule has 0 aliphatic heterocycles. The van der Waals surface area contributed by atoms with Crippen LogP contribution in [0.2, 0.25) is 10.0 Å². The third-order valence-corrected chi connectivity index (χ3v) is 4.63. The molecular formula is C20H13Cl2FN2. The molecule has 0 saturated carbocycles. The van der Waals surface area contributed by atoms with Gasteiger partial charge in [0.2, 0.25) is 0 Å². The molecule has 0 fully saturated rings. The number of nitrogens with zero attached hydrogens (tertiary/aromatic N) is 2. The Hall–Kier alpha value is -2.36. The van der Waals surface area contributed by atoms with Gasteiger partial charge in [-0.15, -0.1) is 0 Å². The van der Waals surface area contributed by atoms with Crippen LogP contribution in [0.4, 0.5) is 4.39 Å². The highest BCUT2D eigenvalue weighted by molar-refractivity contribution is 6.36. The number of hydrogen-bond donors (Lipinski definition) is 0. The summed E-state index contributed by atoms with van der Waals surface area (Å²) in [6.07, 6.45) is 0. The van der Waals surface area contributed by atoms with Gasteiger partial charge >= 0.3 is 0 Å². The van der Waals surface area contributed by atoms with E-state index in [2.05, 4.69) is 4.57 Å². The molecule has 0 N–H and O–H groups in total. The van der Waals surface area contributed by atoms with Gasteiger partial charge in [0, 0.05) is 17.1 Å². The van der Waals surface area contributed by atoms with Gasteiger partial charge in [-0.25, -0.2) is 9.37 Å². The van der Waals surface area contributed by atoms with Gasteiger partial charge in [-0.2, -0.15) is 0 Å². The lowest BCUT2D eigenvalue weighted by molar-refractivity contribution is 0.626. The summed E-state index contributed by atoms with van der Waals surface area (Å²) in [5.41, 5.74) is 3.67. The van der Waals surface area contributed by atoms with Crippen molar-refractivity contribution in [3.05, 3.63) is 88.2 Å². The number of halogens is 3. The Balaban J connectivity index is 1.90. The first-order valence-corrected chi connectivity index (χ1v) is 8.52. The molecule has 4 aromatic rings. The molecule has 1 heterocycles. The van der Waals surface area contributed by atoms with Crippen molar-refractivity contribution >= 4 is 34.2 Å². The molecule has 2 nitrogen and oxygen atoms in total. The van der Waals surface area contributed by atoms with E-state index in [0.717, 1.165) is 28.0 Å². The second-order valence-corrected chi connectivity index (χ2v) is 6.60. The van der Waals surface area contributed by atoms with Crippen molar-refractivity contribution in [2.75, 3.05) is 0 Å². The molecule has 124 valence electrons. The number of fused-ring (bicyclic) bond motifs is 1. The zero-order chi connectivity index (χ0) is 17.4. The summed E-state index contributed by atoms with van der Waals surface area (Å²) in [5, 5.41) is 1.12. The zero-order valence-electron chi connectivity index (χ0n) is 13.1. The average Bonchev–Trinajstić information content (AvgIpc) is 2.95. The fourth-order valence-corrected chi connectivity index (χ4v) is 3.38. The molecule has 0 unspecified atom stereocenters. The normalized spacial score (nSPS) is 11.2. The van der Waals surface area contributed by atoms with Gasteiger partial charge < -0.3 is 4.57 Å². The predicted molar refractivity (Wildman–Crippen MR) is 101 cm³/mol. The summed E-state index contributed by atoms with van der Waals surface area (Å²) in [6.45, 7) is 0.565. The Morgan fingerprint density at radius 2 is 1.68 bits per heavy atom. The maximum atomic E-state index is 13.2. The fourth-order valence-electron chi connectivity index (χ4n) is 2.88. The van der Waals surface area contributed by atoms with Gasteiger partial charge in [-0.05, 0) is 48.0 Å². The third kappa shape index (κ3) is 3.13. The second kappa shape index (κ2) is 6.51. The highest BCUT2D eigenvalue weighted by atomic mass is 35.5. The van der Waals surface area contributed by atoms with Crippen LogP contribution in [0, 0.1) is 5.82 Å². The zero-order valence-corrected chi connectivity index (χ0v) is 14.6. The Bertz CT molecular complexity index is 1060. The molecule has 3 aromatic carbocycles. The summed E-state index contributed by atoms with van der Waals surface area (Å²) in [5.74, 6) is 0.507. The number of rotatable bonds is 3. The summed E-state index contributed by atoms with van der Waals surface area (Å²) >= 11 is 12.4. The summed E-state index contributed by atoms with van der Waals surface area (Å²) in [7, 11) is 0. The molecule has 0 aliphatic carbocycles. The van der Waals surface area contributed by atoms with Crippen LogP contribution in [0.1, 0.15) is 5.56 Å². The summed E-state index contributed by atoms with van der Waals surface area (Å²) in [4.78, 5) is 4.75. The van der Waals surface area contributed by atoms with Crippen LogP contribution in [-0.2, 0) is 6.54 Å². The molecule has 0 amide bonds. The van der Waals surface area contributed by atoms with E-state index >= 15 is 0 Å². The van der Waals surface area contributed by atoms with Gasteiger partial charge in [-0.3, -0.25) is 0 Å². The topological polar surface area (TPSA) is 17.8 Å². The lowest BCUT2D eigenvalue weighted by Gasteiger charge is -2.11. The average molecular weight is 371 g/mol. The van der Waals surface area contributed by atoms with Crippen LogP contribution in [-0.4, -0.2) is 9.55 Å². The highest BCUT2D eigenvalue weighted by Crippen LogP contribution is 2.32. The van der Waals surface area contributed by atoms with Crippen molar-refractivity contribution in [2.45, 2.75) is 6.54 Å². The summed E-state index contributed by atoms with van der Waals surface area (Å²) < 4.78 is 15.3. The number of aromatic nitrogens is 2. The van der Waals surface area contributed by atoms with Crippen LogP contribution >= 0.6 is 23.2 Å². The minimum Gasteiger partial charge on any atom is -0.319 e. The molecular weight excluding hydrogens is 358 g/mol. The SMILES string of the molecule is Fc1ccc(Cn2c(-c3ccc(Cl)cc3Cl)nc3ccccc32)cc1. The Labute approximate surface area is 154 Å². The van der Waals surface area contributed by atoms with E-state index in [1.165, 1.54) is 12.1 Å². The molecule has 5 heteroatoms. The fraction of sp³-hybridized carbons (Fsp3) is 0.0500. The van der Waals surface area contributed by atoms with Gasteiger partial charge in [0.05, 0.1) is 16.1 Å². The van der Waals surface area contributed by atoms with E-state index < -0.39 is 0 Å². The van der Waals surface area contributed by atoms with Gasteiger partial charge in [-0.1, -0.05) is 47.5 Å².